The molecule has 3 aromatic carbocycles. The first kappa shape index (κ1) is 33.1. The summed E-state index contributed by atoms with van der Waals surface area (Å²) in [5, 5.41) is 4.97. The number of amides is 2. The average Bonchev–Trinajstić information content (AvgIpc) is 2.95. The molecule has 0 unspecified atom stereocenters. The van der Waals surface area contributed by atoms with Crippen molar-refractivity contribution in [3.05, 3.63) is 112 Å². The van der Waals surface area contributed by atoms with Crippen molar-refractivity contribution >= 4 is 37.2 Å². The van der Waals surface area contributed by atoms with Crippen LogP contribution in [0, 0.1) is 6.92 Å². The molecule has 0 saturated heterocycles. The van der Waals surface area contributed by atoms with Crippen LogP contribution in [0.15, 0.2) is 98.3 Å². The van der Waals surface area contributed by atoms with Gasteiger partial charge in [-0.3, -0.25) is 19.0 Å². The Hall–Kier alpha value is -4.76. The zero-order valence-corrected chi connectivity index (χ0v) is 25.6. The maximum absolute atomic E-state index is 13.8. The van der Waals surface area contributed by atoms with Gasteiger partial charge in [-0.15, -0.1) is 0 Å². The molecular formula is C30H26F3N3O7S2. The molecule has 0 atom stereocenters. The number of halogens is 3. The highest BCUT2D eigenvalue weighted by molar-refractivity contribution is 7.91. The standard InChI is InChI=1S/C30H26F3N3O7S2/c1-18-27(45(42,43)25-13-9-22(10-14-25)35-19(2)37)16-26(28(38)34-17-20-7-11-24(12-8-20)44(3,40)41)29(39)36(18)23-6-4-5-21(15-23)30(31,32)33/h4-16H,17H2,1-3H3,(H,34,38)(H,35,37). The van der Waals surface area contributed by atoms with Crippen LogP contribution in [0.2, 0.25) is 0 Å². The minimum absolute atomic E-state index is 0.0417. The Morgan fingerprint density at radius 2 is 1.47 bits per heavy atom. The summed E-state index contributed by atoms with van der Waals surface area (Å²) in [6.07, 6.45) is -3.75. The molecule has 10 nitrogen and oxygen atoms in total. The zero-order valence-electron chi connectivity index (χ0n) is 24.0. The van der Waals surface area contributed by atoms with Crippen LogP contribution in [0.25, 0.3) is 5.69 Å². The number of pyridine rings is 1. The second kappa shape index (κ2) is 12.3. The van der Waals surface area contributed by atoms with E-state index < -0.39 is 59.2 Å². The number of carbonyl (C=O) groups excluding carboxylic acids is 2. The summed E-state index contributed by atoms with van der Waals surface area (Å²) >= 11 is 0. The Morgan fingerprint density at radius 3 is 2.02 bits per heavy atom. The minimum atomic E-state index is -4.78. The smallest absolute Gasteiger partial charge is 0.348 e. The lowest BCUT2D eigenvalue weighted by molar-refractivity contribution is -0.137. The van der Waals surface area contributed by atoms with E-state index in [-0.39, 0.29) is 27.7 Å². The van der Waals surface area contributed by atoms with Crippen molar-refractivity contribution in [2.75, 3.05) is 11.6 Å². The van der Waals surface area contributed by atoms with E-state index in [0.717, 1.165) is 29.0 Å². The molecule has 0 aliphatic heterocycles. The Labute approximate surface area is 256 Å². The Bertz CT molecular complexity index is 2070. The molecule has 236 valence electrons. The number of alkyl halides is 3. The van der Waals surface area contributed by atoms with Crippen LogP contribution in [0.5, 0.6) is 0 Å². The molecule has 15 heteroatoms. The third-order valence-corrected chi connectivity index (χ3v) is 9.67. The van der Waals surface area contributed by atoms with Crippen molar-refractivity contribution in [1.29, 1.82) is 0 Å². The molecule has 2 amide bonds. The lowest BCUT2D eigenvalue weighted by Gasteiger charge is -2.18. The Morgan fingerprint density at radius 1 is 0.867 bits per heavy atom. The van der Waals surface area contributed by atoms with Gasteiger partial charge in [0.05, 0.1) is 20.2 Å². The number of aromatic nitrogens is 1. The highest BCUT2D eigenvalue weighted by Crippen LogP contribution is 2.31. The van der Waals surface area contributed by atoms with Gasteiger partial charge in [-0.05, 0) is 73.2 Å². The lowest BCUT2D eigenvalue weighted by atomic mass is 10.1. The highest BCUT2D eigenvalue weighted by Gasteiger charge is 2.32. The van der Waals surface area contributed by atoms with Gasteiger partial charge in [0.15, 0.2) is 9.84 Å². The molecule has 4 aromatic rings. The molecule has 4 rings (SSSR count). The van der Waals surface area contributed by atoms with E-state index in [2.05, 4.69) is 10.6 Å². The van der Waals surface area contributed by atoms with Crippen LogP contribution in [0.3, 0.4) is 0 Å². The normalized spacial score (nSPS) is 12.0. The van der Waals surface area contributed by atoms with Crippen molar-refractivity contribution in [3.63, 3.8) is 0 Å². The van der Waals surface area contributed by atoms with Crippen molar-refractivity contribution < 1.29 is 39.6 Å². The number of hydrogen-bond donors (Lipinski definition) is 2. The van der Waals surface area contributed by atoms with Gasteiger partial charge in [0.1, 0.15) is 5.56 Å². The molecule has 0 spiro atoms. The summed E-state index contributed by atoms with van der Waals surface area (Å²) in [7, 11) is -7.95. The molecule has 0 saturated carbocycles. The van der Waals surface area contributed by atoms with Crippen molar-refractivity contribution in [3.8, 4) is 5.69 Å². The topological polar surface area (TPSA) is 148 Å². The first-order chi connectivity index (χ1) is 20.9. The van der Waals surface area contributed by atoms with Crippen LogP contribution >= 0.6 is 0 Å². The lowest BCUT2D eigenvalue weighted by Crippen LogP contribution is -2.34. The number of hydrogen-bond acceptors (Lipinski definition) is 7. The third kappa shape index (κ3) is 7.32. The molecule has 0 bridgehead atoms. The van der Waals surface area contributed by atoms with E-state index in [4.69, 9.17) is 0 Å². The van der Waals surface area contributed by atoms with E-state index in [0.29, 0.717) is 17.3 Å². The van der Waals surface area contributed by atoms with E-state index in [1.165, 1.54) is 68.4 Å². The molecule has 1 heterocycles. The number of rotatable bonds is 8. The summed E-state index contributed by atoms with van der Waals surface area (Å²) in [5.41, 5.74) is -2.66. The molecular weight excluding hydrogens is 635 g/mol. The number of benzene rings is 3. The van der Waals surface area contributed by atoms with Crippen molar-refractivity contribution in [1.82, 2.24) is 9.88 Å². The van der Waals surface area contributed by atoms with Crippen LogP contribution in [-0.4, -0.2) is 39.5 Å². The minimum Gasteiger partial charge on any atom is -0.348 e. The van der Waals surface area contributed by atoms with E-state index in [1.54, 1.807) is 0 Å². The van der Waals surface area contributed by atoms with Crippen molar-refractivity contribution in [2.45, 2.75) is 41.3 Å². The molecule has 0 fully saturated rings. The number of nitrogens with one attached hydrogen (secondary N) is 2. The fourth-order valence-corrected chi connectivity index (χ4v) is 6.56. The first-order valence-electron chi connectivity index (χ1n) is 13.0. The zero-order chi connectivity index (χ0) is 33.3. The number of sulfone groups is 2. The molecule has 0 aliphatic carbocycles. The Balaban J connectivity index is 1.84. The van der Waals surface area contributed by atoms with Gasteiger partial charge in [-0.2, -0.15) is 13.2 Å². The maximum atomic E-state index is 13.8. The number of anilines is 1. The molecule has 1 aromatic heterocycles. The monoisotopic (exact) mass is 661 g/mol. The third-order valence-electron chi connectivity index (χ3n) is 6.66. The van der Waals surface area contributed by atoms with Crippen LogP contribution in [-0.2, 0) is 37.2 Å². The second-order valence-corrected chi connectivity index (χ2v) is 13.9. The number of nitrogens with zero attached hydrogens (tertiary/aromatic N) is 1. The van der Waals surface area contributed by atoms with Crippen LogP contribution < -0.4 is 16.2 Å². The van der Waals surface area contributed by atoms with Crippen molar-refractivity contribution in [2.24, 2.45) is 0 Å². The van der Waals surface area contributed by atoms with Gasteiger partial charge < -0.3 is 10.6 Å². The summed E-state index contributed by atoms with van der Waals surface area (Å²) in [6.45, 7) is 2.31. The summed E-state index contributed by atoms with van der Waals surface area (Å²) < 4.78 is 92.4. The Kier molecular flexibility index (Phi) is 9.07. The average molecular weight is 662 g/mol. The van der Waals surface area contributed by atoms with E-state index in [1.807, 2.05) is 0 Å². The van der Waals surface area contributed by atoms with Gasteiger partial charge in [0.2, 0.25) is 15.7 Å². The first-order valence-corrected chi connectivity index (χ1v) is 16.4. The van der Waals surface area contributed by atoms with Gasteiger partial charge in [0, 0.05) is 36.8 Å². The predicted octanol–water partition coefficient (Wildman–Crippen LogP) is 4.29. The van der Waals surface area contributed by atoms with Crippen LogP contribution in [0.1, 0.15) is 34.1 Å². The summed E-state index contributed by atoms with van der Waals surface area (Å²) in [4.78, 5) is 37.6. The maximum Gasteiger partial charge on any atom is 0.416 e. The molecule has 45 heavy (non-hydrogen) atoms. The predicted molar refractivity (Wildman–Crippen MR) is 159 cm³/mol. The fraction of sp³-hybridized carbons (Fsp3) is 0.167. The van der Waals surface area contributed by atoms with E-state index in [9.17, 15) is 44.4 Å². The molecule has 0 radical (unpaired) electrons. The summed E-state index contributed by atoms with van der Waals surface area (Å²) in [6, 6.07) is 15.1. The largest absolute Gasteiger partial charge is 0.416 e. The van der Waals surface area contributed by atoms with E-state index >= 15 is 0 Å². The summed E-state index contributed by atoms with van der Waals surface area (Å²) in [5.74, 6) is -1.41. The van der Waals surface area contributed by atoms with Gasteiger partial charge in [-0.1, -0.05) is 18.2 Å². The van der Waals surface area contributed by atoms with Crippen LogP contribution in [0.4, 0.5) is 18.9 Å². The highest BCUT2D eigenvalue weighted by atomic mass is 32.2. The van der Waals surface area contributed by atoms with Gasteiger partial charge in [-0.25, -0.2) is 16.8 Å². The number of carbonyl (C=O) groups is 2. The SMILES string of the molecule is CC(=O)Nc1ccc(S(=O)(=O)c2cc(C(=O)NCc3ccc(S(C)(=O)=O)cc3)c(=O)n(-c3cccc(C(F)(F)F)c3)c2C)cc1. The molecule has 2 N–H and O–H groups in total. The molecule has 0 aliphatic rings. The van der Waals surface area contributed by atoms with Gasteiger partial charge >= 0.3 is 6.18 Å². The second-order valence-electron chi connectivity index (χ2n) is 10.0. The quantitative estimate of drug-likeness (QED) is 0.286. The van der Waals surface area contributed by atoms with Gasteiger partial charge in [0.25, 0.3) is 11.5 Å². The fourth-order valence-electron chi connectivity index (χ4n) is 4.43.